The standard InChI is InChI=1S/C16H30N2O2/c1-4-14-12-20-13(2)11-18(14)15(19)10-16(17-3)8-6-5-7-9-16/h13-14,17H,4-12H2,1-3H3. The Morgan fingerprint density at radius 3 is 2.65 bits per heavy atom. The molecule has 2 rings (SSSR count). The third-order valence-electron chi connectivity index (χ3n) is 5.09. The Hall–Kier alpha value is -0.610. The summed E-state index contributed by atoms with van der Waals surface area (Å²) in [6.45, 7) is 5.63. The Labute approximate surface area is 123 Å². The predicted molar refractivity (Wildman–Crippen MR) is 80.7 cm³/mol. The zero-order valence-corrected chi connectivity index (χ0v) is 13.3. The highest BCUT2D eigenvalue weighted by molar-refractivity contribution is 5.78. The van der Waals surface area contributed by atoms with Gasteiger partial charge in [0.2, 0.25) is 5.91 Å². The van der Waals surface area contributed by atoms with E-state index in [4.69, 9.17) is 4.74 Å². The number of ether oxygens (including phenoxy) is 1. The molecule has 0 bridgehead atoms. The summed E-state index contributed by atoms with van der Waals surface area (Å²) in [7, 11) is 2.01. The van der Waals surface area contributed by atoms with Crippen molar-refractivity contribution in [1.29, 1.82) is 0 Å². The summed E-state index contributed by atoms with van der Waals surface area (Å²) in [4.78, 5) is 14.8. The van der Waals surface area contributed by atoms with E-state index in [1.807, 2.05) is 7.05 Å². The van der Waals surface area contributed by atoms with Gasteiger partial charge in [0.15, 0.2) is 0 Å². The lowest BCUT2D eigenvalue weighted by molar-refractivity contribution is -0.146. The number of rotatable bonds is 4. The average Bonchev–Trinajstić information content (AvgIpc) is 2.48. The minimum absolute atomic E-state index is 0.0369. The Balaban J connectivity index is 2.01. The van der Waals surface area contributed by atoms with E-state index in [9.17, 15) is 4.79 Å². The van der Waals surface area contributed by atoms with Crippen molar-refractivity contribution in [3.63, 3.8) is 0 Å². The summed E-state index contributed by atoms with van der Waals surface area (Å²) in [5.41, 5.74) is 0.0369. The molecule has 4 heteroatoms. The first-order valence-electron chi connectivity index (χ1n) is 8.20. The molecular formula is C16H30N2O2. The summed E-state index contributed by atoms with van der Waals surface area (Å²) < 4.78 is 5.69. The van der Waals surface area contributed by atoms with E-state index in [2.05, 4.69) is 24.1 Å². The predicted octanol–water partition coefficient (Wildman–Crippen LogP) is 2.32. The number of carbonyl (C=O) groups is 1. The molecule has 2 atom stereocenters. The van der Waals surface area contributed by atoms with Gasteiger partial charge >= 0.3 is 0 Å². The molecule has 2 fully saturated rings. The van der Waals surface area contributed by atoms with E-state index in [0.29, 0.717) is 18.9 Å². The third-order valence-corrected chi connectivity index (χ3v) is 5.09. The monoisotopic (exact) mass is 282 g/mol. The molecule has 1 aliphatic heterocycles. The second-order valence-corrected chi connectivity index (χ2v) is 6.52. The van der Waals surface area contributed by atoms with Gasteiger partial charge < -0.3 is 15.0 Å². The van der Waals surface area contributed by atoms with Crippen LogP contribution in [0.2, 0.25) is 0 Å². The summed E-state index contributed by atoms with van der Waals surface area (Å²) in [6, 6.07) is 0.260. The fraction of sp³-hybridized carbons (Fsp3) is 0.938. The van der Waals surface area contributed by atoms with Crippen molar-refractivity contribution < 1.29 is 9.53 Å². The molecule has 4 nitrogen and oxygen atoms in total. The highest BCUT2D eigenvalue weighted by atomic mass is 16.5. The second-order valence-electron chi connectivity index (χ2n) is 6.52. The van der Waals surface area contributed by atoms with Crippen LogP contribution in [0.4, 0.5) is 0 Å². The molecule has 1 heterocycles. The van der Waals surface area contributed by atoms with Gasteiger partial charge in [0, 0.05) is 18.5 Å². The van der Waals surface area contributed by atoms with Crippen molar-refractivity contribution in [3.05, 3.63) is 0 Å². The molecule has 2 aliphatic rings. The molecule has 116 valence electrons. The van der Waals surface area contributed by atoms with Gasteiger partial charge in [-0.2, -0.15) is 0 Å². The van der Waals surface area contributed by atoms with Crippen molar-refractivity contribution in [2.75, 3.05) is 20.2 Å². The fourth-order valence-electron chi connectivity index (χ4n) is 3.62. The number of amides is 1. The first kappa shape index (κ1) is 15.8. The van der Waals surface area contributed by atoms with Crippen LogP contribution in [0.15, 0.2) is 0 Å². The molecule has 0 aromatic rings. The van der Waals surface area contributed by atoms with Gasteiger partial charge in [0.05, 0.1) is 18.8 Å². The zero-order valence-electron chi connectivity index (χ0n) is 13.3. The second kappa shape index (κ2) is 6.90. The first-order chi connectivity index (χ1) is 9.60. The Morgan fingerprint density at radius 2 is 2.05 bits per heavy atom. The molecule has 20 heavy (non-hydrogen) atoms. The summed E-state index contributed by atoms with van der Waals surface area (Å²) in [5.74, 6) is 0.309. The van der Waals surface area contributed by atoms with E-state index in [-0.39, 0.29) is 17.7 Å². The highest BCUT2D eigenvalue weighted by Crippen LogP contribution is 2.32. The zero-order chi connectivity index (χ0) is 14.6. The van der Waals surface area contributed by atoms with Crippen molar-refractivity contribution in [3.8, 4) is 0 Å². The summed E-state index contributed by atoms with van der Waals surface area (Å²) >= 11 is 0. The number of carbonyl (C=O) groups excluding carboxylic acids is 1. The minimum atomic E-state index is 0.0369. The largest absolute Gasteiger partial charge is 0.375 e. The molecule has 1 saturated carbocycles. The highest BCUT2D eigenvalue weighted by Gasteiger charge is 2.37. The number of nitrogens with one attached hydrogen (secondary N) is 1. The van der Waals surface area contributed by atoms with E-state index in [0.717, 1.165) is 25.8 Å². The van der Waals surface area contributed by atoms with Crippen molar-refractivity contribution in [2.45, 2.75) is 76.5 Å². The number of hydrogen-bond acceptors (Lipinski definition) is 3. The van der Waals surface area contributed by atoms with Gasteiger partial charge in [-0.05, 0) is 33.2 Å². The van der Waals surface area contributed by atoms with Crippen LogP contribution in [0, 0.1) is 0 Å². The number of hydrogen-bond donors (Lipinski definition) is 1. The van der Waals surface area contributed by atoms with Crippen molar-refractivity contribution in [2.24, 2.45) is 0 Å². The molecule has 0 aromatic heterocycles. The number of morpholine rings is 1. The SMILES string of the molecule is CCC1COC(C)CN1C(=O)CC1(NC)CCCCC1. The summed E-state index contributed by atoms with van der Waals surface area (Å²) in [5, 5.41) is 3.45. The molecule has 0 aromatic carbocycles. The summed E-state index contributed by atoms with van der Waals surface area (Å²) in [6.07, 6.45) is 7.84. The van der Waals surface area contributed by atoms with Crippen LogP contribution in [0.1, 0.15) is 58.8 Å². The Morgan fingerprint density at radius 1 is 1.35 bits per heavy atom. The van der Waals surface area contributed by atoms with Crippen LogP contribution >= 0.6 is 0 Å². The molecular weight excluding hydrogens is 252 g/mol. The molecule has 1 saturated heterocycles. The van der Waals surface area contributed by atoms with Crippen molar-refractivity contribution in [1.82, 2.24) is 10.2 Å². The molecule has 1 aliphatic carbocycles. The van der Waals surface area contributed by atoms with E-state index in [1.54, 1.807) is 0 Å². The molecule has 1 N–H and O–H groups in total. The minimum Gasteiger partial charge on any atom is -0.375 e. The van der Waals surface area contributed by atoms with Crippen LogP contribution in [0.5, 0.6) is 0 Å². The lowest BCUT2D eigenvalue weighted by atomic mass is 9.79. The topological polar surface area (TPSA) is 41.6 Å². The van der Waals surface area contributed by atoms with Crippen LogP contribution in [-0.2, 0) is 9.53 Å². The molecule has 2 unspecified atom stereocenters. The van der Waals surface area contributed by atoms with Gasteiger partial charge in [-0.25, -0.2) is 0 Å². The van der Waals surface area contributed by atoms with Crippen LogP contribution in [0.3, 0.4) is 0 Å². The van der Waals surface area contributed by atoms with Gasteiger partial charge in [-0.3, -0.25) is 4.79 Å². The maximum Gasteiger partial charge on any atom is 0.224 e. The average molecular weight is 282 g/mol. The van der Waals surface area contributed by atoms with E-state index >= 15 is 0 Å². The van der Waals surface area contributed by atoms with Gasteiger partial charge in [0.25, 0.3) is 0 Å². The van der Waals surface area contributed by atoms with Crippen molar-refractivity contribution >= 4 is 5.91 Å². The Kier molecular flexibility index (Phi) is 5.44. The van der Waals surface area contributed by atoms with Crippen LogP contribution in [-0.4, -0.2) is 48.7 Å². The van der Waals surface area contributed by atoms with Crippen LogP contribution < -0.4 is 5.32 Å². The quantitative estimate of drug-likeness (QED) is 0.860. The number of nitrogens with zero attached hydrogens (tertiary/aromatic N) is 1. The third kappa shape index (κ3) is 3.53. The van der Waals surface area contributed by atoms with Gasteiger partial charge in [-0.1, -0.05) is 26.2 Å². The Bertz CT molecular complexity index is 326. The normalized spacial score (nSPS) is 30.2. The lowest BCUT2D eigenvalue weighted by Crippen LogP contribution is -2.55. The maximum absolute atomic E-state index is 12.8. The molecule has 1 amide bonds. The molecule has 0 radical (unpaired) electrons. The van der Waals surface area contributed by atoms with Crippen LogP contribution in [0.25, 0.3) is 0 Å². The maximum atomic E-state index is 12.8. The fourth-order valence-corrected chi connectivity index (χ4v) is 3.62. The van der Waals surface area contributed by atoms with E-state index < -0.39 is 0 Å². The van der Waals surface area contributed by atoms with Gasteiger partial charge in [-0.15, -0.1) is 0 Å². The van der Waals surface area contributed by atoms with Gasteiger partial charge in [0.1, 0.15) is 0 Å². The molecule has 0 spiro atoms. The van der Waals surface area contributed by atoms with E-state index in [1.165, 1.54) is 19.3 Å². The smallest absolute Gasteiger partial charge is 0.224 e. The first-order valence-corrected chi connectivity index (χ1v) is 8.20. The lowest BCUT2D eigenvalue weighted by Gasteiger charge is -2.42.